The van der Waals surface area contributed by atoms with Crippen LogP contribution in [0.3, 0.4) is 0 Å². The van der Waals surface area contributed by atoms with Crippen LogP contribution in [0, 0.1) is 0 Å². The van der Waals surface area contributed by atoms with Gasteiger partial charge in [0.05, 0.1) is 0 Å². The van der Waals surface area contributed by atoms with Crippen molar-refractivity contribution in [1.29, 1.82) is 0 Å². The first kappa shape index (κ1) is 20.4. The molecular formula is C8H3Cl2F6OZr. The van der Waals surface area contributed by atoms with Gasteiger partial charge in [-0.15, -0.1) is 0 Å². The average Bonchev–Trinajstić information content (AvgIpc) is 2.14. The van der Waals surface area contributed by atoms with Gasteiger partial charge in [-0.25, -0.2) is 0 Å². The molecule has 0 aliphatic heterocycles. The summed E-state index contributed by atoms with van der Waals surface area (Å²) in [4.78, 5) is 0. The van der Waals surface area contributed by atoms with Crippen LogP contribution < -0.4 is 27.6 Å². The molecule has 0 radical (unpaired) electrons. The molecule has 10 heteroatoms. The minimum atomic E-state index is -4.83. The molecule has 0 heterocycles. The predicted molar refractivity (Wildman–Crippen MR) is 37.1 cm³/mol. The van der Waals surface area contributed by atoms with Crippen LogP contribution in [0.25, 0.3) is 0 Å². The van der Waals surface area contributed by atoms with Gasteiger partial charge < -0.3 is 24.8 Å². The van der Waals surface area contributed by atoms with Crippen LogP contribution in [0.1, 0.15) is 11.1 Å². The number of benzene rings is 1. The second-order valence-electron chi connectivity index (χ2n) is 2.84. The zero-order valence-corrected chi connectivity index (χ0v) is 12.1. The van der Waals surface area contributed by atoms with Crippen LogP contribution >= 0.6 is 0 Å². The number of rotatable bonds is 1. The molecule has 0 aliphatic carbocycles. The van der Waals surface area contributed by atoms with Gasteiger partial charge in [0.25, 0.3) is 0 Å². The maximum absolute atomic E-state index is 12.3. The molecule has 0 saturated heterocycles. The molecule has 0 unspecified atom stereocenters. The number of hydrogen-bond acceptors (Lipinski definition) is 1. The Morgan fingerprint density at radius 1 is 0.778 bits per heavy atom. The first-order valence-electron chi connectivity index (χ1n) is 3.77. The van der Waals surface area contributed by atoms with E-state index in [1.807, 2.05) is 0 Å². The molecule has 1 rings (SSSR count). The summed E-state index contributed by atoms with van der Waals surface area (Å²) >= 11 is 0.358. The minimum Gasteiger partial charge on any atom is -1.00 e. The number of halogens is 8. The summed E-state index contributed by atoms with van der Waals surface area (Å²) < 4.78 is 78.0. The van der Waals surface area contributed by atoms with E-state index in [0.717, 1.165) is 0 Å². The van der Waals surface area contributed by atoms with Crippen molar-refractivity contribution in [2.75, 3.05) is 0 Å². The molecule has 1 aromatic rings. The van der Waals surface area contributed by atoms with Crippen molar-refractivity contribution in [3.05, 3.63) is 29.3 Å². The Morgan fingerprint density at radius 3 is 1.33 bits per heavy atom. The molecule has 18 heavy (non-hydrogen) atoms. The molecule has 0 bridgehead atoms. The second-order valence-corrected chi connectivity index (χ2v) is 3.35. The van der Waals surface area contributed by atoms with Crippen LogP contribution in [-0.2, 0) is 37.5 Å². The van der Waals surface area contributed by atoms with E-state index in [9.17, 15) is 26.3 Å². The third kappa shape index (κ3) is 5.37. The van der Waals surface area contributed by atoms with Crippen LogP contribution in [-0.4, -0.2) is 0 Å². The number of alkyl halides is 6. The van der Waals surface area contributed by atoms with Crippen LogP contribution in [0.2, 0.25) is 0 Å². The van der Waals surface area contributed by atoms with Crippen molar-refractivity contribution in [3.8, 4) is 5.75 Å². The van der Waals surface area contributed by atoms with E-state index < -0.39 is 29.2 Å². The molecule has 0 atom stereocenters. The van der Waals surface area contributed by atoms with Crippen molar-refractivity contribution < 1.29 is 79.1 Å². The van der Waals surface area contributed by atoms with E-state index in [0.29, 0.717) is 37.3 Å². The molecule has 0 aromatic heterocycles. The summed E-state index contributed by atoms with van der Waals surface area (Å²) in [6.45, 7) is 0. The molecule has 1 aromatic carbocycles. The SMILES string of the molecule is FC(F)(F)c1cc([O][Zr+2])cc(C(F)(F)F)c1.[Cl-].[Cl-]. The zero-order valence-electron chi connectivity index (χ0n) is 8.16. The predicted octanol–water partition coefficient (Wildman–Crippen LogP) is -2.43. The first-order chi connectivity index (χ1) is 7.14. The molecule has 0 spiro atoms. The van der Waals surface area contributed by atoms with Crippen molar-refractivity contribution in [1.82, 2.24) is 0 Å². The Kier molecular flexibility index (Phi) is 7.94. The fraction of sp³-hybridized carbons (Fsp3) is 0.250. The Hall–Kier alpha value is 0.0631. The maximum atomic E-state index is 12.3. The smallest absolute Gasteiger partial charge is 1.00 e. The topological polar surface area (TPSA) is 9.23 Å². The van der Waals surface area contributed by atoms with Crippen molar-refractivity contribution in [2.45, 2.75) is 12.4 Å². The van der Waals surface area contributed by atoms with Crippen molar-refractivity contribution in [3.63, 3.8) is 0 Å². The normalized spacial score (nSPS) is 11.3. The molecule has 0 amide bonds. The van der Waals surface area contributed by atoms with E-state index in [1.165, 1.54) is 0 Å². The molecule has 1 nitrogen and oxygen atoms in total. The molecule has 0 N–H and O–H groups in total. The Morgan fingerprint density at radius 2 is 1.11 bits per heavy atom. The van der Waals surface area contributed by atoms with Gasteiger partial charge in [-0.1, -0.05) is 0 Å². The van der Waals surface area contributed by atoms with E-state index >= 15 is 0 Å². The van der Waals surface area contributed by atoms with Crippen LogP contribution in [0.5, 0.6) is 5.75 Å². The van der Waals surface area contributed by atoms with Gasteiger partial charge >= 0.3 is 102 Å². The Bertz CT molecular complexity index is 360. The fourth-order valence-corrected chi connectivity index (χ4v) is 1.27. The first-order valence-corrected chi connectivity index (χ1v) is 4.78. The summed E-state index contributed by atoms with van der Waals surface area (Å²) in [6, 6.07) is 1.12. The zero-order chi connectivity index (χ0) is 12.6. The fourth-order valence-electron chi connectivity index (χ4n) is 0.985. The Labute approximate surface area is 126 Å². The van der Waals surface area contributed by atoms with E-state index in [2.05, 4.69) is 2.81 Å². The second kappa shape index (κ2) is 7.01. The number of hydrogen-bond donors (Lipinski definition) is 0. The third-order valence-electron chi connectivity index (χ3n) is 1.68. The van der Waals surface area contributed by atoms with Gasteiger partial charge in [0, 0.05) is 0 Å². The van der Waals surface area contributed by atoms with Gasteiger partial charge in [-0.2, -0.15) is 0 Å². The average molecular weight is 391 g/mol. The third-order valence-corrected chi connectivity index (χ3v) is 2.26. The van der Waals surface area contributed by atoms with Crippen LogP contribution in [0.15, 0.2) is 18.2 Å². The standard InChI is InChI=1S/C8H4F6O.2ClH.Zr/c9-7(10,11)4-1-5(8(12,13)14)3-6(15)2-4;;;/h1-3,15H;2*1H;/q;;;+3/p-3. The van der Waals surface area contributed by atoms with Gasteiger partial charge in [-0.05, 0) is 0 Å². The van der Waals surface area contributed by atoms with Gasteiger partial charge in [-0.3, -0.25) is 0 Å². The monoisotopic (exact) mass is 389 g/mol. The summed E-state index contributed by atoms with van der Waals surface area (Å²) in [5, 5.41) is 0. The molecular weight excluding hydrogens is 388 g/mol. The molecule has 0 saturated carbocycles. The van der Waals surface area contributed by atoms with Crippen molar-refractivity contribution >= 4 is 0 Å². The van der Waals surface area contributed by atoms with Crippen LogP contribution in [0.4, 0.5) is 26.3 Å². The largest absolute Gasteiger partial charge is 1.00 e. The van der Waals surface area contributed by atoms with E-state index in [1.54, 1.807) is 0 Å². The summed E-state index contributed by atoms with van der Waals surface area (Å²) in [7, 11) is 0. The van der Waals surface area contributed by atoms with Gasteiger partial charge in [0.15, 0.2) is 0 Å². The van der Waals surface area contributed by atoms with Gasteiger partial charge in [0.2, 0.25) is 0 Å². The maximum Gasteiger partial charge on any atom is -1.00 e. The quantitative estimate of drug-likeness (QED) is 0.484. The minimum absolute atomic E-state index is 0. The van der Waals surface area contributed by atoms with Gasteiger partial charge in [0.1, 0.15) is 0 Å². The Balaban J connectivity index is 0. The van der Waals surface area contributed by atoms with Crippen molar-refractivity contribution in [2.24, 2.45) is 0 Å². The molecule has 0 fully saturated rings. The summed E-state index contributed by atoms with van der Waals surface area (Å²) in [6.07, 6.45) is -9.66. The van der Waals surface area contributed by atoms with E-state index in [4.69, 9.17) is 0 Å². The summed E-state index contributed by atoms with van der Waals surface area (Å²) in [5.74, 6) is -0.444. The molecule has 101 valence electrons. The molecule has 0 aliphatic rings. The summed E-state index contributed by atoms with van der Waals surface area (Å²) in [5.41, 5.74) is -2.75. The van der Waals surface area contributed by atoms with E-state index in [-0.39, 0.29) is 30.9 Å².